The molecule has 7 nitrogen and oxygen atoms in total. The molecule has 1 aromatic heterocycles. The Hall–Kier alpha value is -3.26. The summed E-state index contributed by atoms with van der Waals surface area (Å²) in [6, 6.07) is 20.3. The maximum Gasteiger partial charge on any atom is 0.252 e. The number of benzene rings is 2. The Morgan fingerprint density at radius 2 is 1.91 bits per heavy atom. The Balaban J connectivity index is 1.69. The van der Waals surface area contributed by atoms with Crippen molar-refractivity contribution in [3.05, 3.63) is 82.9 Å². The average molecular weight is 459 g/mol. The molecule has 4 rings (SSSR count). The number of hydrogen-bond acceptors (Lipinski definition) is 6. The van der Waals surface area contributed by atoms with Gasteiger partial charge in [-0.25, -0.2) is 10.4 Å². The summed E-state index contributed by atoms with van der Waals surface area (Å²) >= 11 is 0. The van der Waals surface area contributed by atoms with Gasteiger partial charge in [0.2, 0.25) is 0 Å². The number of carbonyl (C=O) groups is 1. The van der Waals surface area contributed by atoms with Crippen LogP contribution < -0.4 is 26.8 Å². The molecule has 1 atom stereocenters. The molecule has 0 bridgehead atoms. The van der Waals surface area contributed by atoms with Crippen molar-refractivity contribution in [3.63, 3.8) is 0 Å². The molecule has 0 unspecified atom stereocenters. The highest BCUT2D eigenvalue weighted by Gasteiger charge is 2.29. The molecule has 0 fully saturated rings. The smallest absolute Gasteiger partial charge is 0.252 e. The van der Waals surface area contributed by atoms with E-state index in [0.29, 0.717) is 18.7 Å². The number of rotatable bonds is 9. The normalized spacial score (nSPS) is 13.7. The Morgan fingerprint density at radius 1 is 1.12 bits per heavy atom. The molecule has 0 aliphatic carbocycles. The van der Waals surface area contributed by atoms with Crippen molar-refractivity contribution < 1.29 is 4.79 Å². The van der Waals surface area contributed by atoms with Crippen LogP contribution in [0.15, 0.2) is 60.7 Å². The van der Waals surface area contributed by atoms with Crippen molar-refractivity contribution in [2.24, 2.45) is 5.73 Å². The van der Waals surface area contributed by atoms with Crippen LogP contribution in [0.2, 0.25) is 0 Å². The largest absolute Gasteiger partial charge is 0.346 e. The summed E-state index contributed by atoms with van der Waals surface area (Å²) in [4.78, 5) is 18.5. The lowest BCUT2D eigenvalue weighted by Gasteiger charge is -2.23. The van der Waals surface area contributed by atoms with Gasteiger partial charge < -0.3 is 16.4 Å². The van der Waals surface area contributed by atoms with Gasteiger partial charge in [0.1, 0.15) is 5.82 Å². The van der Waals surface area contributed by atoms with Crippen LogP contribution in [-0.4, -0.2) is 30.0 Å². The third-order valence-corrected chi connectivity index (χ3v) is 6.04. The average Bonchev–Trinajstić information content (AvgIpc) is 3.29. The van der Waals surface area contributed by atoms with Gasteiger partial charge in [0, 0.05) is 48.9 Å². The van der Waals surface area contributed by atoms with E-state index < -0.39 is 0 Å². The lowest BCUT2D eigenvalue weighted by atomic mass is 10.0. The molecule has 7 heteroatoms. The van der Waals surface area contributed by atoms with Gasteiger partial charge >= 0.3 is 0 Å². The first-order chi connectivity index (χ1) is 16.5. The van der Waals surface area contributed by atoms with Crippen molar-refractivity contribution in [2.45, 2.75) is 45.9 Å². The minimum atomic E-state index is -0.103. The zero-order chi connectivity index (χ0) is 24.1. The summed E-state index contributed by atoms with van der Waals surface area (Å²) in [7, 11) is 0. The summed E-state index contributed by atoms with van der Waals surface area (Å²) in [6.45, 7) is 8.90. The van der Waals surface area contributed by atoms with Gasteiger partial charge in [-0.15, -0.1) is 0 Å². The van der Waals surface area contributed by atoms with Crippen LogP contribution in [0, 0.1) is 0 Å². The predicted octanol–water partition coefficient (Wildman–Crippen LogP) is 3.52. The van der Waals surface area contributed by atoms with Crippen LogP contribution in [0.3, 0.4) is 0 Å². The SMILES string of the molecule is CC(C)N1NCc2c(C(=O)N[C@@H](C)c3ccccc3)cc(-c3cccc(CNCCN)c3)nc21. The fraction of sp³-hybridized carbons (Fsp3) is 0.333. The number of nitrogens with one attached hydrogen (secondary N) is 3. The maximum atomic E-state index is 13.5. The second-order valence-corrected chi connectivity index (χ2v) is 8.93. The van der Waals surface area contributed by atoms with Crippen molar-refractivity contribution in [1.82, 2.24) is 21.0 Å². The number of fused-ring (bicyclic) bond motifs is 1. The predicted molar refractivity (Wildman–Crippen MR) is 137 cm³/mol. The summed E-state index contributed by atoms with van der Waals surface area (Å²) in [5, 5.41) is 8.55. The second-order valence-electron chi connectivity index (χ2n) is 8.93. The number of hydrogen-bond donors (Lipinski definition) is 4. The van der Waals surface area contributed by atoms with Gasteiger partial charge in [-0.3, -0.25) is 9.80 Å². The fourth-order valence-electron chi connectivity index (χ4n) is 4.22. The summed E-state index contributed by atoms with van der Waals surface area (Å²) < 4.78 is 0. The van der Waals surface area contributed by atoms with Gasteiger partial charge in [0.05, 0.1) is 11.7 Å². The van der Waals surface area contributed by atoms with Gasteiger partial charge in [-0.1, -0.05) is 48.5 Å². The molecular weight excluding hydrogens is 424 g/mol. The highest BCUT2D eigenvalue weighted by Crippen LogP contribution is 2.32. The molecule has 0 spiro atoms. The van der Waals surface area contributed by atoms with E-state index >= 15 is 0 Å². The number of aromatic nitrogens is 1. The van der Waals surface area contributed by atoms with E-state index in [-0.39, 0.29) is 18.0 Å². The highest BCUT2D eigenvalue weighted by molar-refractivity contribution is 5.98. The minimum absolute atomic E-state index is 0.0931. The summed E-state index contributed by atoms with van der Waals surface area (Å²) in [6.07, 6.45) is 0. The van der Waals surface area contributed by atoms with E-state index in [0.717, 1.165) is 46.9 Å². The molecule has 1 aliphatic heterocycles. The first-order valence-corrected chi connectivity index (χ1v) is 11.9. The molecule has 1 amide bonds. The number of carbonyl (C=O) groups excluding carboxylic acids is 1. The van der Waals surface area contributed by atoms with E-state index in [2.05, 4.69) is 42.0 Å². The zero-order valence-electron chi connectivity index (χ0n) is 20.1. The molecule has 0 saturated heterocycles. The molecule has 3 aromatic rings. The van der Waals surface area contributed by atoms with E-state index in [9.17, 15) is 4.79 Å². The van der Waals surface area contributed by atoms with Crippen LogP contribution in [0.4, 0.5) is 5.82 Å². The number of nitrogens with two attached hydrogens (primary N) is 1. The molecule has 2 heterocycles. The molecule has 5 N–H and O–H groups in total. The van der Waals surface area contributed by atoms with Crippen LogP contribution in [0.1, 0.15) is 53.9 Å². The molecular formula is C27H34N6O. The lowest BCUT2D eigenvalue weighted by molar-refractivity contribution is 0.0939. The third kappa shape index (κ3) is 5.28. The molecule has 2 aromatic carbocycles. The minimum Gasteiger partial charge on any atom is -0.346 e. The topological polar surface area (TPSA) is 95.3 Å². The van der Waals surface area contributed by atoms with E-state index in [1.807, 2.05) is 60.5 Å². The first kappa shape index (κ1) is 23.9. The Labute approximate surface area is 201 Å². The van der Waals surface area contributed by atoms with Crippen molar-refractivity contribution in [1.29, 1.82) is 0 Å². The van der Waals surface area contributed by atoms with Crippen LogP contribution in [-0.2, 0) is 13.1 Å². The van der Waals surface area contributed by atoms with E-state index in [4.69, 9.17) is 10.7 Å². The van der Waals surface area contributed by atoms with Gasteiger partial charge in [-0.05, 0) is 44.0 Å². The van der Waals surface area contributed by atoms with E-state index in [1.54, 1.807) is 0 Å². The van der Waals surface area contributed by atoms with Crippen LogP contribution >= 0.6 is 0 Å². The van der Waals surface area contributed by atoms with Crippen molar-refractivity contribution in [3.8, 4) is 11.3 Å². The lowest BCUT2D eigenvalue weighted by Crippen LogP contribution is -2.38. The standard InChI is InChI=1S/C27H34N6O/c1-18(2)33-26-24(17-30-33)23(27(34)31-19(3)21-9-5-4-6-10-21)15-25(32-26)22-11-7-8-20(14-22)16-29-13-12-28/h4-11,14-15,18-19,29-30H,12-13,16-17,28H2,1-3H3,(H,31,34)/t19-/m0/s1. The first-order valence-electron chi connectivity index (χ1n) is 11.9. The fourth-order valence-corrected chi connectivity index (χ4v) is 4.22. The Kier molecular flexibility index (Phi) is 7.57. The summed E-state index contributed by atoms with van der Waals surface area (Å²) in [5.74, 6) is 0.723. The number of pyridine rings is 1. The van der Waals surface area contributed by atoms with Crippen LogP contribution in [0.25, 0.3) is 11.3 Å². The second kappa shape index (κ2) is 10.8. The number of nitrogens with zero attached hydrogens (tertiary/aromatic N) is 2. The van der Waals surface area contributed by atoms with Crippen molar-refractivity contribution in [2.75, 3.05) is 18.1 Å². The number of amides is 1. The highest BCUT2D eigenvalue weighted by atomic mass is 16.1. The Bertz CT molecular complexity index is 1130. The van der Waals surface area contributed by atoms with Gasteiger partial charge in [0.15, 0.2) is 0 Å². The van der Waals surface area contributed by atoms with Crippen molar-refractivity contribution >= 4 is 11.7 Å². The quantitative estimate of drug-likeness (QED) is 0.367. The molecule has 0 saturated carbocycles. The maximum absolute atomic E-state index is 13.5. The van der Waals surface area contributed by atoms with Gasteiger partial charge in [0.25, 0.3) is 5.91 Å². The molecule has 0 radical (unpaired) electrons. The van der Waals surface area contributed by atoms with Gasteiger partial charge in [-0.2, -0.15) is 0 Å². The summed E-state index contributed by atoms with van der Waals surface area (Å²) in [5.41, 5.74) is 14.6. The zero-order valence-corrected chi connectivity index (χ0v) is 20.1. The number of anilines is 1. The molecule has 178 valence electrons. The monoisotopic (exact) mass is 458 g/mol. The third-order valence-electron chi connectivity index (χ3n) is 6.04. The number of hydrazine groups is 1. The molecule has 1 aliphatic rings. The Morgan fingerprint density at radius 3 is 2.65 bits per heavy atom. The van der Waals surface area contributed by atoms with Crippen LogP contribution in [0.5, 0.6) is 0 Å². The van der Waals surface area contributed by atoms with E-state index in [1.165, 1.54) is 0 Å². The molecule has 34 heavy (non-hydrogen) atoms.